The van der Waals surface area contributed by atoms with Crippen LogP contribution in [0, 0.1) is 20.8 Å². The maximum absolute atomic E-state index is 3.72. The first-order valence-electron chi connectivity index (χ1n) is 7.96. The van der Waals surface area contributed by atoms with Crippen molar-refractivity contribution in [2.75, 3.05) is 6.54 Å². The molecule has 0 bridgehead atoms. The molecule has 112 valence electrons. The van der Waals surface area contributed by atoms with Gasteiger partial charge in [0, 0.05) is 6.04 Å². The Morgan fingerprint density at radius 2 is 1.71 bits per heavy atom. The second-order valence-corrected chi connectivity index (χ2v) is 6.06. The molecule has 1 atom stereocenters. The molecule has 1 unspecified atom stereocenters. The molecule has 0 amide bonds. The maximum atomic E-state index is 3.72. The van der Waals surface area contributed by atoms with Crippen molar-refractivity contribution in [2.24, 2.45) is 0 Å². The molecule has 0 aromatic heterocycles. The summed E-state index contributed by atoms with van der Waals surface area (Å²) in [5, 5.41) is 3.72. The van der Waals surface area contributed by atoms with Crippen LogP contribution in [0.5, 0.6) is 0 Å². The van der Waals surface area contributed by atoms with Crippen molar-refractivity contribution in [1.29, 1.82) is 0 Å². The highest BCUT2D eigenvalue weighted by molar-refractivity contribution is 5.34. The third-order valence-electron chi connectivity index (χ3n) is 3.97. The molecular formula is C20H27N. The Kier molecular flexibility index (Phi) is 5.58. The number of aryl methyl sites for hydroxylation is 3. The Morgan fingerprint density at radius 3 is 2.43 bits per heavy atom. The third-order valence-corrected chi connectivity index (χ3v) is 3.97. The Morgan fingerprint density at radius 1 is 0.952 bits per heavy atom. The molecule has 2 aromatic carbocycles. The Balaban J connectivity index is 2.27. The van der Waals surface area contributed by atoms with Gasteiger partial charge in [0.1, 0.15) is 0 Å². The molecule has 0 aliphatic heterocycles. The fourth-order valence-electron chi connectivity index (χ4n) is 2.82. The fourth-order valence-corrected chi connectivity index (χ4v) is 2.82. The van der Waals surface area contributed by atoms with Crippen LogP contribution in [-0.2, 0) is 6.42 Å². The van der Waals surface area contributed by atoms with Crippen LogP contribution in [0.15, 0.2) is 42.5 Å². The van der Waals surface area contributed by atoms with Crippen LogP contribution in [0.1, 0.15) is 47.2 Å². The summed E-state index contributed by atoms with van der Waals surface area (Å²) in [5.74, 6) is 0. The van der Waals surface area contributed by atoms with Gasteiger partial charge in [-0.1, -0.05) is 60.5 Å². The zero-order chi connectivity index (χ0) is 15.2. The average molecular weight is 281 g/mol. The molecule has 0 saturated heterocycles. The quantitative estimate of drug-likeness (QED) is 0.794. The van der Waals surface area contributed by atoms with Crippen molar-refractivity contribution >= 4 is 0 Å². The van der Waals surface area contributed by atoms with Gasteiger partial charge < -0.3 is 5.32 Å². The van der Waals surface area contributed by atoms with Crippen molar-refractivity contribution in [3.63, 3.8) is 0 Å². The molecule has 0 aliphatic carbocycles. The lowest BCUT2D eigenvalue weighted by atomic mass is 9.93. The van der Waals surface area contributed by atoms with E-state index in [0.717, 1.165) is 19.4 Å². The Bertz CT molecular complexity index is 586. The van der Waals surface area contributed by atoms with Crippen LogP contribution in [-0.4, -0.2) is 6.54 Å². The molecule has 1 N–H and O–H groups in total. The first kappa shape index (κ1) is 15.8. The van der Waals surface area contributed by atoms with E-state index in [2.05, 4.69) is 75.5 Å². The summed E-state index contributed by atoms with van der Waals surface area (Å²) in [6.07, 6.45) is 2.21. The molecule has 0 radical (unpaired) electrons. The number of benzene rings is 2. The molecule has 21 heavy (non-hydrogen) atoms. The summed E-state index contributed by atoms with van der Waals surface area (Å²) >= 11 is 0. The lowest BCUT2D eigenvalue weighted by Gasteiger charge is -2.22. The van der Waals surface area contributed by atoms with E-state index in [1.165, 1.54) is 27.8 Å². The molecule has 0 aliphatic rings. The second kappa shape index (κ2) is 7.42. The minimum atomic E-state index is 0.395. The average Bonchev–Trinajstić information content (AvgIpc) is 2.46. The van der Waals surface area contributed by atoms with Crippen LogP contribution in [0.2, 0.25) is 0 Å². The monoisotopic (exact) mass is 281 g/mol. The summed E-state index contributed by atoms with van der Waals surface area (Å²) < 4.78 is 0. The van der Waals surface area contributed by atoms with Gasteiger partial charge in [0.2, 0.25) is 0 Å². The van der Waals surface area contributed by atoms with Crippen molar-refractivity contribution < 1.29 is 0 Å². The van der Waals surface area contributed by atoms with Gasteiger partial charge in [0.15, 0.2) is 0 Å². The molecule has 0 fully saturated rings. The molecule has 0 heterocycles. The largest absolute Gasteiger partial charge is 0.310 e. The van der Waals surface area contributed by atoms with Crippen molar-refractivity contribution in [1.82, 2.24) is 5.32 Å². The SMILES string of the molecule is CCCNC(Cc1cccc(C)c1)c1cc(C)ccc1C. The molecular weight excluding hydrogens is 254 g/mol. The Labute approximate surface area is 129 Å². The van der Waals surface area contributed by atoms with E-state index in [4.69, 9.17) is 0 Å². The van der Waals surface area contributed by atoms with Crippen LogP contribution in [0.25, 0.3) is 0 Å². The topological polar surface area (TPSA) is 12.0 Å². The molecule has 1 heteroatoms. The van der Waals surface area contributed by atoms with E-state index in [0.29, 0.717) is 6.04 Å². The minimum absolute atomic E-state index is 0.395. The summed E-state index contributed by atoms with van der Waals surface area (Å²) in [6, 6.07) is 16.0. The van der Waals surface area contributed by atoms with Crippen LogP contribution in [0.4, 0.5) is 0 Å². The van der Waals surface area contributed by atoms with Gasteiger partial charge in [-0.05, 0) is 56.8 Å². The van der Waals surface area contributed by atoms with Crippen LogP contribution in [0.3, 0.4) is 0 Å². The zero-order valence-electron chi connectivity index (χ0n) is 13.7. The fraction of sp³-hybridized carbons (Fsp3) is 0.400. The minimum Gasteiger partial charge on any atom is -0.310 e. The van der Waals surface area contributed by atoms with E-state index in [9.17, 15) is 0 Å². The van der Waals surface area contributed by atoms with Gasteiger partial charge in [0.25, 0.3) is 0 Å². The third kappa shape index (κ3) is 4.44. The van der Waals surface area contributed by atoms with E-state index >= 15 is 0 Å². The smallest absolute Gasteiger partial charge is 0.0363 e. The number of hydrogen-bond donors (Lipinski definition) is 1. The summed E-state index contributed by atoms with van der Waals surface area (Å²) in [7, 11) is 0. The highest BCUT2D eigenvalue weighted by atomic mass is 14.9. The van der Waals surface area contributed by atoms with Gasteiger partial charge in [0.05, 0.1) is 0 Å². The number of rotatable bonds is 6. The lowest BCUT2D eigenvalue weighted by molar-refractivity contribution is 0.527. The van der Waals surface area contributed by atoms with Gasteiger partial charge in [-0.3, -0.25) is 0 Å². The van der Waals surface area contributed by atoms with Gasteiger partial charge in [-0.15, -0.1) is 0 Å². The summed E-state index contributed by atoms with van der Waals surface area (Å²) in [6.45, 7) is 9.83. The first-order chi connectivity index (χ1) is 10.1. The number of nitrogens with one attached hydrogen (secondary N) is 1. The van der Waals surface area contributed by atoms with Gasteiger partial charge >= 0.3 is 0 Å². The van der Waals surface area contributed by atoms with E-state index in [-0.39, 0.29) is 0 Å². The Hall–Kier alpha value is -1.60. The van der Waals surface area contributed by atoms with Crippen molar-refractivity contribution in [2.45, 2.75) is 46.6 Å². The highest BCUT2D eigenvalue weighted by Crippen LogP contribution is 2.23. The summed E-state index contributed by atoms with van der Waals surface area (Å²) in [4.78, 5) is 0. The van der Waals surface area contributed by atoms with E-state index in [1.54, 1.807) is 0 Å². The predicted molar refractivity (Wildman–Crippen MR) is 91.8 cm³/mol. The normalized spacial score (nSPS) is 12.4. The van der Waals surface area contributed by atoms with Crippen molar-refractivity contribution in [3.8, 4) is 0 Å². The zero-order valence-corrected chi connectivity index (χ0v) is 13.7. The van der Waals surface area contributed by atoms with Crippen LogP contribution < -0.4 is 5.32 Å². The molecule has 0 saturated carbocycles. The summed E-state index contributed by atoms with van der Waals surface area (Å²) in [5.41, 5.74) is 6.89. The standard InChI is InChI=1S/C20H27N/c1-5-11-21-20(14-18-8-6-7-15(2)12-18)19-13-16(3)9-10-17(19)4/h6-10,12-13,20-21H,5,11,14H2,1-4H3. The van der Waals surface area contributed by atoms with Crippen molar-refractivity contribution in [3.05, 3.63) is 70.3 Å². The van der Waals surface area contributed by atoms with E-state index in [1.807, 2.05) is 0 Å². The van der Waals surface area contributed by atoms with Crippen LogP contribution >= 0.6 is 0 Å². The molecule has 1 nitrogen and oxygen atoms in total. The molecule has 2 aromatic rings. The predicted octanol–water partition coefficient (Wildman–Crippen LogP) is 4.90. The molecule has 0 spiro atoms. The van der Waals surface area contributed by atoms with Gasteiger partial charge in [-0.25, -0.2) is 0 Å². The first-order valence-corrected chi connectivity index (χ1v) is 7.96. The van der Waals surface area contributed by atoms with E-state index < -0.39 is 0 Å². The highest BCUT2D eigenvalue weighted by Gasteiger charge is 2.14. The molecule has 2 rings (SSSR count). The maximum Gasteiger partial charge on any atom is 0.0363 e. The second-order valence-electron chi connectivity index (χ2n) is 6.06. The lowest BCUT2D eigenvalue weighted by Crippen LogP contribution is -2.25. The number of hydrogen-bond acceptors (Lipinski definition) is 1. The van der Waals surface area contributed by atoms with Gasteiger partial charge in [-0.2, -0.15) is 0 Å².